The highest BCUT2D eigenvalue weighted by Gasteiger charge is 2.07. The van der Waals surface area contributed by atoms with Gasteiger partial charge in [-0.15, -0.1) is 0 Å². The summed E-state index contributed by atoms with van der Waals surface area (Å²) in [5, 5.41) is 6.09. The third-order valence-electron chi connectivity index (χ3n) is 3.71. The van der Waals surface area contributed by atoms with Gasteiger partial charge in [-0.25, -0.2) is 4.98 Å². The van der Waals surface area contributed by atoms with Gasteiger partial charge in [-0.2, -0.15) is 0 Å². The highest BCUT2D eigenvalue weighted by molar-refractivity contribution is 5.92. The van der Waals surface area contributed by atoms with Crippen molar-refractivity contribution in [3.8, 4) is 5.75 Å². The number of amides is 1. The molecule has 2 aromatic heterocycles. The summed E-state index contributed by atoms with van der Waals surface area (Å²) in [7, 11) is 0. The summed E-state index contributed by atoms with van der Waals surface area (Å²) in [4.78, 5) is 20.4. The Hall–Kier alpha value is -3.41. The van der Waals surface area contributed by atoms with Gasteiger partial charge in [0.25, 0.3) is 5.91 Å². The Morgan fingerprint density at radius 3 is 2.33 bits per heavy atom. The lowest BCUT2D eigenvalue weighted by Crippen LogP contribution is -2.23. The molecule has 0 aliphatic rings. The maximum atomic E-state index is 12.2. The van der Waals surface area contributed by atoms with Crippen molar-refractivity contribution in [2.24, 2.45) is 0 Å². The van der Waals surface area contributed by atoms with E-state index in [1.165, 1.54) is 0 Å². The molecule has 0 saturated carbocycles. The van der Waals surface area contributed by atoms with Crippen molar-refractivity contribution in [3.63, 3.8) is 0 Å². The molecule has 6 nitrogen and oxygen atoms in total. The molecule has 0 unspecified atom stereocenters. The van der Waals surface area contributed by atoms with Crippen LogP contribution < -0.4 is 15.4 Å². The number of carbonyl (C=O) groups is 1. The Labute approximate surface area is 158 Å². The molecule has 2 N–H and O–H groups in total. The summed E-state index contributed by atoms with van der Waals surface area (Å²) >= 11 is 0. The Balaban J connectivity index is 1.55. The third kappa shape index (κ3) is 5.54. The first-order valence-corrected chi connectivity index (χ1v) is 8.77. The fourth-order valence-electron chi connectivity index (χ4n) is 2.43. The molecule has 2 heterocycles. The lowest BCUT2D eigenvalue weighted by molar-refractivity contribution is 0.0946. The van der Waals surface area contributed by atoms with E-state index in [0.29, 0.717) is 12.2 Å². The molecule has 6 heteroatoms. The van der Waals surface area contributed by atoms with Crippen LogP contribution in [0, 0.1) is 0 Å². The van der Waals surface area contributed by atoms with Crippen LogP contribution in [0.1, 0.15) is 29.9 Å². The van der Waals surface area contributed by atoms with Gasteiger partial charge >= 0.3 is 0 Å². The number of nitrogens with zero attached hydrogens (tertiary/aromatic N) is 2. The number of hydrogen-bond acceptors (Lipinski definition) is 5. The Bertz CT molecular complexity index is 863. The summed E-state index contributed by atoms with van der Waals surface area (Å²) in [5.41, 5.74) is 3.08. The van der Waals surface area contributed by atoms with E-state index in [1.54, 1.807) is 24.7 Å². The minimum absolute atomic E-state index is 0.144. The monoisotopic (exact) mass is 362 g/mol. The smallest absolute Gasteiger partial charge is 0.270 e. The standard InChI is InChI=1S/C21H22N4O2/c1-15(2)27-19-6-3-17(4-7-19)25-18-5-8-20(23-14-18)21(26)24-13-16-9-11-22-12-10-16/h3-12,14-15,25H,13H2,1-2H3,(H,24,26). The molecule has 0 fully saturated rings. The first-order valence-electron chi connectivity index (χ1n) is 8.77. The predicted molar refractivity (Wildman–Crippen MR) is 105 cm³/mol. The van der Waals surface area contributed by atoms with Gasteiger partial charge in [-0.1, -0.05) is 0 Å². The van der Waals surface area contributed by atoms with E-state index < -0.39 is 0 Å². The van der Waals surface area contributed by atoms with Crippen molar-refractivity contribution in [2.45, 2.75) is 26.5 Å². The molecule has 0 saturated heterocycles. The largest absolute Gasteiger partial charge is 0.491 e. The van der Waals surface area contributed by atoms with Gasteiger partial charge in [-0.05, 0) is 67.9 Å². The molecule has 0 radical (unpaired) electrons. The summed E-state index contributed by atoms with van der Waals surface area (Å²) in [6.45, 7) is 4.42. The second kappa shape index (κ2) is 8.80. The minimum Gasteiger partial charge on any atom is -0.491 e. The Morgan fingerprint density at radius 2 is 1.70 bits per heavy atom. The normalized spacial score (nSPS) is 10.5. The van der Waals surface area contributed by atoms with Crippen molar-refractivity contribution >= 4 is 17.3 Å². The maximum Gasteiger partial charge on any atom is 0.270 e. The van der Waals surface area contributed by atoms with E-state index in [0.717, 1.165) is 22.7 Å². The van der Waals surface area contributed by atoms with Gasteiger partial charge in [0, 0.05) is 24.6 Å². The number of ether oxygens (including phenoxy) is 1. The van der Waals surface area contributed by atoms with Crippen LogP contribution in [-0.2, 0) is 6.54 Å². The minimum atomic E-state index is -0.214. The summed E-state index contributed by atoms with van der Waals surface area (Å²) < 4.78 is 5.63. The lowest BCUT2D eigenvalue weighted by atomic mass is 10.2. The van der Waals surface area contributed by atoms with Gasteiger partial charge in [-0.3, -0.25) is 9.78 Å². The number of anilines is 2. The van der Waals surface area contributed by atoms with Gasteiger partial charge in [0.05, 0.1) is 18.0 Å². The molecule has 0 spiro atoms. The van der Waals surface area contributed by atoms with Crippen molar-refractivity contribution in [1.82, 2.24) is 15.3 Å². The van der Waals surface area contributed by atoms with Crippen LogP contribution in [0.5, 0.6) is 5.75 Å². The van der Waals surface area contributed by atoms with Crippen LogP contribution in [-0.4, -0.2) is 22.0 Å². The highest BCUT2D eigenvalue weighted by atomic mass is 16.5. The number of benzene rings is 1. The number of pyridine rings is 2. The van der Waals surface area contributed by atoms with E-state index in [2.05, 4.69) is 20.6 Å². The van der Waals surface area contributed by atoms with Crippen LogP contribution in [0.15, 0.2) is 67.1 Å². The molecule has 3 aromatic rings. The molecule has 0 aliphatic carbocycles. The van der Waals surface area contributed by atoms with Crippen molar-refractivity contribution in [3.05, 3.63) is 78.4 Å². The first kappa shape index (κ1) is 18.4. The topological polar surface area (TPSA) is 76.1 Å². The number of hydrogen-bond donors (Lipinski definition) is 2. The van der Waals surface area contributed by atoms with Crippen LogP contribution in [0.3, 0.4) is 0 Å². The molecule has 1 aromatic carbocycles. The number of aromatic nitrogens is 2. The van der Waals surface area contributed by atoms with Gasteiger partial charge in [0.1, 0.15) is 11.4 Å². The molecular formula is C21H22N4O2. The molecule has 0 bridgehead atoms. The Morgan fingerprint density at radius 1 is 1.00 bits per heavy atom. The van der Waals surface area contributed by atoms with Crippen LogP contribution in [0.4, 0.5) is 11.4 Å². The fraction of sp³-hybridized carbons (Fsp3) is 0.190. The van der Waals surface area contributed by atoms with Crippen molar-refractivity contribution < 1.29 is 9.53 Å². The molecule has 3 rings (SSSR count). The average molecular weight is 362 g/mol. The van der Waals surface area contributed by atoms with Crippen LogP contribution >= 0.6 is 0 Å². The molecular weight excluding hydrogens is 340 g/mol. The Kier molecular flexibility index (Phi) is 5.99. The molecule has 138 valence electrons. The quantitative estimate of drug-likeness (QED) is 0.666. The van der Waals surface area contributed by atoms with E-state index in [-0.39, 0.29) is 12.0 Å². The lowest BCUT2D eigenvalue weighted by Gasteiger charge is -2.11. The summed E-state index contributed by atoms with van der Waals surface area (Å²) in [6.07, 6.45) is 5.17. The van der Waals surface area contributed by atoms with E-state index in [9.17, 15) is 4.79 Å². The van der Waals surface area contributed by atoms with Gasteiger partial charge in [0.15, 0.2) is 0 Å². The molecule has 27 heavy (non-hydrogen) atoms. The molecule has 0 aliphatic heterocycles. The van der Waals surface area contributed by atoms with Crippen LogP contribution in [0.25, 0.3) is 0 Å². The molecule has 1 amide bonds. The average Bonchev–Trinajstić information content (AvgIpc) is 2.69. The predicted octanol–water partition coefficient (Wildman–Crippen LogP) is 3.94. The number of nitrogens with one attached hydrogen (secondary N) is 2. The van der Waals surface area contributed by atoms with E-state index >= 15 is 0 Å². The maximum absolute atomic E-state index is 12.2. The SMILES string of the molecule is CC(C)Oc1ccc(Nc2ccc(C(=O)NCc3ccncc3)nc2)cc1. The first-order chi connectivity index (χ1) is 13.1. The summed E-state index contributed by atoms with van der Waals surface area (Å²) in [6, 6.07) is 14.9. The van der Waals surface area contributed by atoms with E-state index in [4.69, 9.17) is 4.74 Å². The van der Waals surface area contributed by atoms with Gasteiger partial charge in [0.2, 0.25) is 0 Å². The number of rotatable bonds is 7. The second-order valence-corrected chi connectivity index (χ2v) is 6.29. The zero-order chi connectivity index (χ0) is 19.1. The highest BCUT2D eigenvalue weighted by Crippen LogP contribution is 2.20. The second-order valence-electron chi connectivity index (χ2n) is 6.29. The number of carbonyl (C=O) groups excluding carboxylic acids is 1. The van der Waals surface area contributed by atoms with Crippen molar-refractivity contribution in [1.29, 1.82) is 0 Å². The van der Waals surface area contributed by atoms with Crippen LogP contribution in [0.2, 0.25) is 0 Å². The zero-order valence-electron chi connectivity index (χ0n) is 15.3. The van der Waals surface area contributed by atoms with Gasteiger partial charge < -0.3 is 15.4 Å². The molecule has 0 atom stereocenters. The van der Waals surface area contributed by atoms with Crippen molar-refractivity contribution in [2.75, 3.05) is 5.32 Å². The summed E-state index contributed by atoms with van der Waals surface area (Å²) in [5.74, 6) is 0.614. The fourth-order valence-corrected chi connectivity index (χ4v) is 2.43. The third-order valence-corrected chi connectivity index (χ3v) is 3.71. The zero-order valence-corrected chi connectivity index (χ0v) is 15.3. The van der Waals surface area contributed by atoms with E-state index in [1.807, 2.05) is 56.3 Å².